The van der Waals surface area contributed by atoms with E-state index in [1.54, 1.807) is 12.1 Å². The van der Waals surface area contributed by atoms with E-state index < -0.39 is 0 Å². The molecule has 1 atom stereocenters. The Balaban J connectivity index is 1.95. The van der Waals surface area contributed by atoms with Crippen LogP contribution < -0.4 is 5.32 Å². The molecule has 0 saturated heterocycles. The molecule has 0 heterocycles. The van der Waals surface area contributed by atoms with Crippen molar-refractivity contribution in [3.8, 4) is 0 Å². The van der Waals surface area contributed by atoms with Crippen LogP contribution in [-0.4, -0.2) is 5.91 Å². The van der Waals surface area contributed by atoms with Crippen molar-refractivity contribution in [1.82, 2.24) is 5.32 Å². The molecule has 0 aromatic heterocycles. The fourth-order valence-corrected chi connectivity index (χ4v) is 1.95. The Morgan fingerprint density at radius 1 is 1.16 bits per heavy atom. The molecule has 3 heteroatoms. The molecule has 2 nitrogen and oxygen atoms in total. The molecule has 2 aromatic rings. The van der Waals surface area contributed by atoms with Gasteiger partial charge in [-0.1, -0.05) is 42.5 Å². The summed E-state index contributed by atoms with van der Waals surface area (Å²) in [6.45, 7) is 1.93. The van der Waals surface area contributed by atoms with Crippen LogP contribution >= 0.6 is 0 Å². The largest absolute Gasteiger partial charge is 0.349 e. The Hall–Kier alpha value is -2.16. The summed E-state index contributed by atoms with van der Waals surface area (Å²) < 4.78 is 13.0. The molecule has 0 saturated carbocycles. The Labute approximate surface area is 112 Å². The maximum atomic E-state index is 13.0. The minimum Gasteiger partial charge on any atom is -0.349 e. The Bertz CT molecular complexity index is 554. The van der Waals surface area contributed by atoms with E-state index in [1.807, 2.05) is 37.3 Å². The number of hydrogen-bond donors (Lipinski definition) is 1. The highest BCUT2D eigenvalue weighted by molar-refractivity contribution is 5.79. The molecule has 0 unspecified atom stereocenters. The van der Waals surface area contributed by atoms with Gasteiger partial charge in [0, 0.05) is 0 Å². The van der Waals surface area contributed by atoms with Gasteiger partial charge in [-0.05, 0) is 30.2 Å². The average molecular weight is 257 g/mol. The molecule has 0 spiro atoms. The van der Waals surface area contributed by atoms with Crippen molar-refractivity contribution in [1.29, 1.82) is 0 Å². The maximum absolute atomic E-state index is 13.0. The predicted molar refractivity (Wildman–Crippen MR) is 73.1 cm³/mol. The van der Waals surface area contributed by atoms with E-state index in [1.165, 1.54) is 12.1 Å². The first-order chi connectivity index (χ1) is 9.15. The van der Waals surface area contributed by atoms with Gasteiger partial charge in [0.05, 0.1) is 12.5 Å². The number of rotatable bonds is 4. The van der Waals surface area contributed by atoms with Gasteiger partial charge in [0.25, 0.3) is 0 Å². The lowest BCUT2D eigenvalue weighted by Gasteiger charge is -2.14. The summed E-state index contributed by atoms with van der Waals surface area (Å²) in [6.07, 6.45) is 0.189. The SMILES string of the molecule is C[C@H](NC(=O)Cc1cccc(F)c1)c1ccccc1. The lowest BCUT2D eigenvalue weighted by atomic mass is 10.1. The molecule has 0 fully saturated rings. The molecule has 2 rings (SSSR count). The van der Waals surface area contributed by atoms with E-state index in [-0.39, 0.29) is 24.2 Å². The van der Waals surface area contributed by atoms with Crippen LogP contribution in [0.3, 0.4) is 0 Å². The summed E-state index contributed by atoms with van der Waals surface area (Å²) in [4.78, 5) is 11.9. The summed E-state index contributed by atoms with van der Waals surface area (Å²) in [5, 5.41) is 2.90. The van der Waals surface area contributed by atoms with Gasteiger partial charge in [-0.3, -0.25) is 4.79 Å². The van der Waals surface area contributed by atoms with Crippen LogP contribution in [0.15, 0.2) is 54.6 Å². The standard InChI is InChI=1S/C16H16FNO/c1-12(14-7-3-2-4-8-14)18-16(19)11-13-6-5-9-15(17)10-13/h2-10,12H,11H2,1H3,(H,18,19)/t12-/m0/s1. The molecule has 19 heavy (non-hydrogen) atoms. The summed E-state index contributed by atoms with van der Waals surface area (Å²) >= 11 is 0. The van der Waals surface area contributed by atoms with Gasteiger partial charge in [-0.15, -0.1) is 0 Å². The van der Waals surface area contributed by atoms with Crippen molar-refractivity contribution in [3.63, 3.8) is 0 Å². The molecule has 0 aliphatic heterocycles. The van der Waals surface area contributed by atoms with Crippen LogP contribution in [0.1, 0.15) is 24.1 Å². The Morgan fingerprint density at radius 2 is 1.89 bits per heavy atom. The number of carbonyl (C=O) groups is 1. The first kappa shape index (κ1) is 13.3. The molecular formula is C16H16FNO. The van der Waals surface area contributed by atoms with Gasteiger partial charge in [0.15, 0.2) is 0 Å². The monoisotopic (exact) mass is 257 g/mol. The van der Waals surface area contributed by atoms with Crippen LogP contribution in [-0.2, 0) is 11.2 Å². The van der Waals surface area contributed by atoms with E-state index in [2.05, 4.69) is 5.32 Å². The molecule has 1 N–H and O–H groups in total. The normalized spacial score (nSPS) is 11.9. The first-order valence-electron chi connectivity index (χ1n) is 6.24. The number of hydrogen-bond acceptors (Lipinski definition) is 1. The number of carbonyl (C=O) groups excluding carboxylic acids is 1. The van der Waals surface area contributed by atoms with E-state index in [0.717, 1.165) is 5.56 Å². The second-order valence-corrected chi connectivity index (χ2v) is 4.51. The van der Waals surface area contributed by atoms with Crippen LogP contribution in [0.5, 0.6) is 0 Å². The molecule has 98 valence electrons. The summed E-state index contributed by atoms with van der Waals surface area (Å²) in [5.41, 5.74) is 1.73. The zero-order chi connectivity index (χ0) is 13.7. The topological polar surface area (TPSA) is 29.1 Å². The lowest BCUT2D eigenvalue weighted by molar-refractivity contribution is -0.121. The van der Waals surface area contributed by atoms with Crippen molar-refractivity contribution in [2.75, 3.05) is 0 Å². The molecular weight excluding hydrogens is 241 g/mol. The van der Waals surface area contributed by atoms with Gasteiger partial charge in [0.1, 0.15) is 5.82 Å². The number of halogens is 1. The summed E-state index contributed by atoms with van der Waals surface area (Å²) in [7, 11) is 0. The molecule has 0 aliphatic rings. The zero-order valence-corrected chi connectivity index (χ0v) is 10.8. The number of nitrogens with one attached hydrogen (secondary N) is 1. The highest BCUT2D eigenvalue weighted by Gasteiger charge is 2.09. The van der Waals surface area contributed by atoms with Crippen molar-refractivity contribution in [2.45, 2.75) is 19.4 Å². The second kappa shape index (κ2) is 6.14. The second-order valence-electron chi connectivity index (χ2n) is 4.51. The van der Waals surface area contributed by atoms with Crippen molar-refractivity contribution in [2.24, 2.45) is 0 Å². The van der Waals surface area contributed by atoms with E-state index in [0.29, 0.717) is 5.56 Å². The van der Waals surface area contributed by atoms with Crippen LogP contribution in [0.25, 0.3) is 0 Å². The van der Waals surface area contributed by atoms with Crippen molar-refractivity contribution in [3.05, 3.63) is 71.5 Å². The van der Waals surface area contributed by atoms with Gasteiger partial charge in [-0.25, -0.2) is 4.39 Å². The quantitative estimate of drug-likeness (QED) is 0.895. The van der Waals surface area contributed by atoms with Gasteiger partial charge >= 0.3 is 0 Å². The fourth-order valence-electron chi connectivity index (χ4n) is 1.95. The van der Waals surface area contributed by atoms with Gasteiger partial charge in [0.2, 0.25) is 5.91 Å². The number of amides is 1. The van der Waals surface area contributed by atoms with Gasteiger partial charge in [-0.2, -0.15) is 0 Å². The first-order valence-corrected chi connectivity index (χ1v) is 6.24. The molecule has 1 amide bonds. The van der Waals surface area contributed by atoms with E-state index in [9.17, 15) is 9.18 Å². The van der Waals surface area contributed by atoms with Crippen LogP contribution in [0.2, 0.25) is 0 Å². The number of benzene rings is 2. The zero-order valence-electron chi connectivity index (χ0n) is 10.8. The third-order valence-corrected chi connectivity index (χ3v) is 2.93. The third kappa shape index (κ3) is 3.91. The molecule has 0 bridgehead atoms. The lowest BCUT2D eigenvalue weighted by Crippen LogP contribution is -2.28. The average Bonchev–Trinajstić information content (AvgIpc) is 2.39. The Morgan fingerprint density at radius 3 is 2.58 bits per heavy atom. The Kier molecular flexibility index (Phi) is 4.29. The van der Waals surface area contributed by atoms with Crippen molar-refractivity contribution >= 4 is 5.91 Å². The smallest absolute Gasteiger partial charge is 0.224 e. The fraction of sp³-hybridized carbons (Fsp3) is 0.188. The van der Waals surface area contributed by atoms with Crippen molar-refractivity contribution < 1.29 is 9.18 Å². The van der Waals surface area contributed by atoms with Crippen LogP contribution in [0, 0.1) is 5.82 Å². The third-order valence-electron chi connectivity index (χ3n) is 2.93. The molecule has 0 aliphatic carbocycles. The highest BCUT2D eigenvalue weighted by Crippen LogP contribution is 2.11. The maximum Gasteiger partial charge on any atom is 0.224 e. The minimum absolute atomic E-state index is 0.0535. The summed E-state index contributed by atoms with van der Waals surface area (Å²) in [5.74, 6) is -0.427. The van der Waals surface area contributed by atoms with Crippen LogP contribution in [0.4, 0.5) is 4.39 Å². The predicted octanol–water partition coefficient (Wildman–Crippen LogP) is 3.25. The summed E-state index contributed by atoms with van der Waals surface area (Å²) in [6, 6.07) is 15.8. The van der Waals surface area contributed by atoms with Gasteiger partial charge < -0.3 is 5.32 Å². The van der Waals surface area contributed by atoms with E-state index in [4.69, 9.17) is 0 Å². The highest BCUT2D eigenvalue weighted by atomic mass is 19.1. The molecule has 0 radical (unpaired) electrons. The minimum atomic E-state index is -0.318. The molecule has 2 aromatic carbocycles. The van der Waals surface area contributed by atoms with E-state index >= 15 is 0 Å².